The van der Waals surface area contributed by atoms with E-state index in [-0.39, 0.29) is 12.1 Å². The zero-order valence-electron chi connectivity index (χ0n) is 14.7. The number of hydrogen-bond acceptors (Lipinski definition) is 4. The Hall–Kier alpha value is -0.498. The molecule has 0 heterocycles. The fourth-order valence-corrected chi connectivity index (χ4v) is 2.70. The topological polar surface area (TPSA) is 63.6 Å². The van der Waals surface area contributed by atoms with Gasteiger partial charge in [-0.15, -0.1) is 0 Å². The number of carbonyl (C=O) groups excluding carboxylic acids is 1. The molecule has 1 atom stereocenters. The SMILES string of the molecule is CCCCCC[C@@H](O)C/C=C\CCCCCCCC(=O)[O][Al]=[O]. The van der Waals surface area contributed by atoms with Crippen LogP contribution in [0.4, 0.5) is 0 Å². The van der Waals surface area contributed by atoms with Crippen molar-refractivity contribution in [1.29, 1.82) is 0 Å². The molecule has 4 nitrogen and oxygen atoms in total. The van der Waals surface area contributed by atoms with Gasteiger partial charge in [-0.3, -0.25) is 0 Å². The molecule has 0 radical (unpaired) electrons. The van der Waals surface area contributed by atoms with Gasteiger partial charge in [0.1, 0.15) is 0 Å². The maximum absolute atomic E-state index is 11.0. The zero-order valence-corrected chi connectivity index (χ0v) is 15.8. The third-order valence-electron chi connectivity index (χ3n) is 3.90. The van der Waals surface area contributed by atoms with E-state index < -0.39 is 15.5 Å². The number of aliphatic hydroxyl groups is 1. The van der Waals surface area contributed by atoms with Crippen LogP contribution in [0.5, 0.6) is 0 Å². The summed E-state index contributed by atoms with van der Waals surface area (Å²) in [5.74, 6) is -0.341. The summed E-state index contributed by atoms with van der Waals surface area (Å²) in [5, 5.41) is 9.82. The molecule has 0 amide bonds. The number of rotatable bonds is 16. The van der Waals surface area contributed by atoms with Crippen LogP contribution >= 0.6 is 0 Å². The summed E-state index contributed by atoms with van der Waals surface area (Å²) in [6.45, 7) is 2.20. The van der Waals surface area contributed by atoms with Crippen molar-refractivity contribution in [3.05, 3.63) is 12.2 Å². The van der Waals surface area contributed by atoms with Crippen molar-refractivity contribution in [2.45, 2.75) is 96.5 Å². The van der Waals surface area contributed by atoms with Crippen LogP contribution in [0.25, 0.3) is 0 Å². The summed E-state index contributed by atoms with van der Waals surface area (Å²) in [4.78, 5) is 11.0. The molecule has 0 rings (SSSR count). The molecule has 0 aromatic carbocycles. The van der Waals surface area contributed by atoms with Crippen LogP contribution in [0.3, 0.4) is 0 Å². The second-order valence-corrected chi connectivity index (χ2v) is 6.53. The average molecular weight is 340 g/mol. The Labute approximate surface area is 147 Å². The van der Waals surface area contributed by atoms with Crippen molar-refractivity contribution in [3.63, 3.8) is 0 Å². The molecule has 0 aliphatic heterocycles. The Morgan fingerprint density at radius 3 is 2.48 bits per heavy atom. The number of allylic oxidation sites excluding steroid dienone is 1. The average Bonchev–Trinajstić information content (AvgIpc) is 2.53. The normalized spacial score (nSPS) is 12.3. The van der Waals surface area contributed by atoms with Crippen molar-refractivity contribution in [2.24, 2.45) is 0 Å². The summed E-state index contributed by atoms with van der Waals surface area (Å²) >= 11 is -1.40. The predicted octanol–water partition coefficient (Wildman–Crippen LogP) is 4.50. The van der Waals surface area contributed by atoms with E-state index in [1.165, 1.54) is 19.3 Å². The van der Waals surface area contributed by atoms with Gasteiger partial charge < -0.3 is 5.11 Å². The predicted molar refractivity (Wildman–Crippen MR) is 93.4 cm³/mol. The van der Waals surface area contributed by atoms with Crippen molar-refractivity contribution < 1.29 is 17.5 Å². The molecule has 0 aromatic rings. The first kappa shape index (κ1) is 22.5. The molecular weight excluding hydrogens is 307 g/mol. The van der Waals surface area contributed by atoms with E-state index in [4.69, 9.17) is 0 Å². The third kappa shape index (κ3) is 17.7. The molecule has 0 fully saturated rings. The van der Waals surface area contributed by atoms with E-state index in [9.17, 15) is 13.7 Å². The van der Waals surface area contributed by atoms with E-state index >= 15 is 0 Å². The summed E-state index contributed by atoms with van der Waals surface area (Å²) in [5.41, 5.74) is 0. The van der Waals surface area contributed by atoms with Crippen LogP contribution < -0.4 is 0 Å². The minimum atomic E-state index is -1.40. The Morgan fingerprint density at radius 2 is 1.74 bits per heavy atom. The molecule has 5 heteroatoms. The van der Waals surface area contributed by atoms with Crippen molar-refractivity contribution >= 4 is 21.5 Å². The number of unbranched alkanes of at least 4 members (excludes halogenated alkanes) is 8. The van der Waals surface area contributed by atoms with Gasteiger partial charge in [-0.2, -0.15) is 0 Å². The van der Waals surface area contributed by atoms with E-state index in [1.807, 2.05) is 0 Å². The Kier molecular flexibility index (Phi) is 17.5. The molecule has 132 valence electrons. The molecule has 0 unspecified atom stereocenters. The van der Waals surface area contributed by atoms with Gasteiger partial charge in [0.05, 0.1) is 6.10 Å². The Morgan fingerprint density at radius 1 is 1.04 bits per heavy atom. The quantitative estimate of drug-likeness (QED) is 0.255. The second kappa shape index (κ2) is 17.9. The first-order valence-corrected chi connectivity index (χ1v) is 10.1. The van der Waals surface area contributed by atoms with Crippen LogP contribution in [0.15, 0.2) is 12.2 Å². The standard InChI is InChI=1S/C18H34O3.Al.O/c1-2-3-4-11-14-17(19)15-12-9-7-5-6-8-10-13-16-18(20)21;;/h9,12,17,19H,2-8,10-11,13-16H2,1H3,(H,20,21);;/q;+1;/p-1/b12-9-;;/t17-;;/m1../s1. The maximum atomic E-state index is 11.0. The molecule has 0 aliphatic carbocycles. The molecule has 0 aromatic heterocycles. The molecule has 0 aliphatic rings. The third-order valence-corrected chi connectivity index (χ3v) is 4.26. The van der Waals surface area contributed by atoms with E-state index in [1.54, 1.807) is 0 Å². The van der Waals surface area contributed by atoms with Crippen LogP contribution in [-0.4, -0.2) is 32.7 Å². The summed E-state index contributed by atoms with van der Waals surface area (Å²) in [6.07, 6.45) is 17.3. The number of hydrogen-bond donors (Lipinski definition) is 1. The van der Waals surface area contributed by atoms with Gasteiger partial charge in [-0.25, -0.2) is 0 Å². The fraction of sp³-hybridized carbons (Fsp3) is 0.833. The summed E-state index contributed by atoms with van der Waals surface area (Å²) in [7, 11) is 0. The molecule has 0 saturated heterocycles. The van der Waals surface area contributed by atoms with Gasteiger partial charge in [0.2, 0.25) is 0 Å². The Balaban J connectivity index is 3.30. The Bertz CT molecular complexity index is 318. The van der Waals surface area contributed by atoms with Crippen LogP contribution in [-0.2, 0) is 12.4 Å². The monoisotopic (exact) mass is 340 g/mol. The molecule has 23 heavy (non-hydrogen) atoms. The zero-order chi connectivity index (χ0) is 17.2. The van der Waals surface area contributed by atoms with Gasteiger partial charge >= 0.3 is 97.4 Å². The second-order valence-electron chi connectivity index (χ2n) is 6.10. The first-order valence-electron chi connectivity index (χ1n) is 9.16. The van der Waals surface area contributed by atoms with Gasteiger partial charge in [-0.1, -0.05) is 32.6 Å². The van der Waals surface area contributed by atoms with Crippen molar-refractivity contribution in [2.75, 3.05) is 0 Å². The van der Waals surface area contributed by atoms with Crippen LogP contribution in [0.1, 0.15) is 90.4 Å². The van der Waals surface area contributed by atoms with E-state index in [0.717, 1.165) is 57.8 Å². The van der Waals surface area contributed by atoms with Crippen molar-refractivity contribution in [3.8, 4) is 0 Å². The van der Waals surface area contributed by atoms with E-state index in [2.05, 4.69) is 22.9 Å². The van der Waals surface area contributed by atoms with Gasteiger partial charge in [-0.05, 0) is 6.42 Å². The number of carbonyl (C=O) groups is 1. The fourth-order valence-electron chi connectivity index (χ4n) is 2.47. The van der Waals surface area contributed by atoms with Crippen molar-refractivity contribution in [1.82, 2.24) is 0 Å². The molecule has 1 N–H and O–H groups in total. The molecule has 0 spiro atoms. The minimum absolute atomic E-state index is 0.182. The summed E-state index contributed by atoms with van der Waals surface area (Å²) < 4.78 is 14.6. The number of aliphatic hydroxyl groups excluding tert-OH is 1. The molecule has 0 bridgehead atoms. The van der Waals surface area contributed by atoms with Gasteiger partial charge in [0.25, 0.3) is 0 Å². The van der Waals surface area contributed by atoms with Gasteiger partial charge in [0.15, 0.2) is 0 Å². The molecular formula is C18H33AlO4. The van der Waals surface area contributed by atoms with Gasteiger partial charge in [0, 0.05) is 0 Å². The molecule has 0 saturated carbocycles. The van der Waals surface area contributed by atoms with Crippen LogP contribution in [0, 0.1) is 0 Å². The summed E-state index contributed by atoms with van der Waals surface area (Å²) in [6, 6.07) is 0. The van der Waals surface area contributed by atoms with E-state index in [0.29, 0.717) is 6.42 Å². The first-order chi connectivity index (χ1) is 11.2. The van der Waals surface area contributed by atoms with Crippen LogP contribution in [0.2, 0.25) is 0 Å².